The molecule has 4 aromatic rings. The molecule has 0 saturated heterocycles. The molecule has 0 aliphatic carbocycles. The highest BCUT2D eigenvalue weighted by molar-refractivity contribution is 6.30. The van der Waals surface area contributed by atoms with Crippen LogP contribution in [0.4, 0.5) is 5.82 Å². The standard InChI is InChI=1S/C24H20ClN5O2/c1-15-12-21(28-20-7-5-4-6-19(15)20)30-22(16(13-26)14-27-30)29-23(31)24(2,3)32-18-10-8-17(25)9-11-18/h4-12,14H,1-3H3,(H,29,31). The van der Waals surface area contributed by atoms with Crippen LogP contribution in [0.15, 0.2) is 60.8 Å². The summed E-state index contributed by atoms with van der Waals surface area (Å²) in [5.41, 5.74) is 0.777. The second-order valence-electron chi connectivity index (χ2n) is 7.77. The Morgan fingerprint density at radius 3 is 2.62 bits per heavy atom. The monoisotopic (exact) mass is 445 g/mol. The number of benzene rings is 2. The lowest BCUT2D eigenvalue weighted by Gasteiger charge is -2.25. The van der Waals surface area contributed by atoms with E-state index in [0.717, 1.165) is 16.5 Å². The van der Waals surface area contributed by atoms with E-state index in [9.17, 15) is 10.1 Å². The molecule has 0 radical (unpaired) electrons. The summed E-state index contributed by atoms with van der Waals surface area (Å²) < 4.78 is 7.32. The highest BCUT2D eigenvalue weighted by Crippen LogP contribution is 2.26. The number of carbonyl (C=O) groups excluding carboxylic acids is 1. The van der Waals surface area contributed by atoms with Crippen molar-refractivity contribution < 1.29 is 9.53 Å². The minimum absolute atomic E-state index is 0.216. The van der Waals surface area contributed by atoms with Gasteiger partial charge < -0.3 is 10.1 Å². The Hall–Kier alpha value is -3.89. The van der Waals surface area contributed by atoms with Crippen LogP contribution in [0.5, 0.6) is 5.75 Å². The van der Waals surface area contributed by atoms with Gasteiger partial charge in [0.15, 0.2) is 17.2 Å². The van der Waals surface area contributed by atoms with E-state index in [0.29, 0.717) is 16.6 Å². The lowest BCUT2D eigenvalue weighted by atomic mass is 10.1. The van der Waals surface area contributed by atoms with Crippen LogP contribution < -0.4 is 10.1 Å². The van der Waals surface area contributed by atoms with Gasteiger partial charge in [-0.15, -0.1) is 0 Å². The summed E-state index contributed by atoms with van der Waals surface area (Å²) in [6.07, 6.45) is 1.40. The number of hydrogen-bond acceptors (Lipinski definition) is 5. The van der Waals surface area contributed by atoms with Crippen LogP contribution in [0.3, 0.4) is 0 Å². The summed E-state index contributed by atoms with van der Waals surface area (Å²) in [6.45, 7) is 5.26. The van der Waals surface area contributed by atoms with E-state index >= 15 is 0 Å². The van der Waals surface area contributed by atoms with E-state index in [1.54, 1.807) is 38.1 Å². The average molecular weight is 446 g/mol. The van der Waals surface area contributed by atoms with Crippen molar-refractivity contribution in [3.63, 3.8) is 0 Å². The third-order valence-corrected chi connectivity index (χ3v) is 5.23. The molecule has 0 aliphatic heterocycles. The lowest BCUT2D eigenvalue weighted by molar-refractivity contribution is -0.128. The molecule has 2 aromatic carbocycles. The van der Waals surface area contributed by atoms with Crippen LogP contribution in [0.2, 0.25) is 5.02 Å². The van der Waals surface area contributed by atoms with Crippen LogP contribution >= 0.6 is 11.6 Å². The first-order valence-electron chi connectivity index (χ1n) is 9.89. The Kier molecular flexibility index (Phi) is 5.56. The average Bonchev–Trinajstić information content (AvgIpc) is 3.17. The van der Waals surface area contributed by atoms with Crippen molar-refractivity contribution in [1.82, 2.24) is 14.8 Å². The fraction of sp³-hybridized carbons (Fsp3) is 0.167. The molecule has 7 nitrogen and oxygen atoms in total. The molecule has 2 heterocycles. The third-order valence-electron chi connectivity index (χ3n) is 4.98. The number of aryl methyl sites for hydroxylation is 1. The number of ether oxygens (including phenoxy) is 1. The van der Waals surface area contributed by atoms with E-state index in [1.165, 1.54) is 10.9 Å². The van der Waals surface area contributed by atoms with Gasteiger partial charge in [-0.3, -0.25) is 4.79 Å². The summed E-state index contributed by atoms with van der Waals surface area (Å²) in [6, 6.07) is 18.4. The van der Waals surface area contributed by atoms with Crippen LogP contribution in [-0.4, -0.2) is 26.3 Å². The molecule has 0 saturated carbocycles. The number of nitriles is 1. The van der Waals surface area contributed by atoms with Crippen LogP contribution in [0, 0.1) is 18.3 Å². The van der Waals surface area contributed by atoms with Crippen LogP contribution in [0.25, 0.3) is 16.7 Å². The number of rotatable bonds is 5. The number of pyridine rings is 1. The van der Waals surface area contributed by atoms with Gasteiger partial charge in [0.05, 0.1) is 11.7 Å². The Morgan fingerprint density at radius 2 is 1.91 bits per heavy atom. The zero-order valence-corrected chi connectivity index (χ0v) is 18.5. The Balaban J connectivity index is 1.67. The molecule has 0 aliphatic rings. The van der Waals surface area contributed by atoms with E-state index in [2.05, 4.69) is 21.5 Å². The molecule has 4 rings (SSSR count). The molecule has 0 bridgehead atoms. The van der Waals surface area contributed by atoms with Gasteiger partial charge in [0.2, 0.25) is 0 Å². The molecule has 8 heteroatoms. The quantitative estimate of drug-likeness (QED) is 0.464. The summed E-state index contributed by atoms with van der Waals surface area (Å²) in [7, 11) is 0. The minimum Gasteiger partial charge on any atom is -0.478 e. The van der Waals surface area contributed by atoms with Gasteiger partial charge in [-0.2, -0.15) is 15.0 Å². The number of nitrogens with zero attached hydrogens (tertiary/aromatic N) is 4. The second kappa shape index (κ2) is 8.33. The molecule has 0 unspecified atom stereocenters. The van der Waals surface area contributed by atoms with Crippen LogP contribution in [0.1, 0.15) is 25.0 Å². The van der Waals surface area contributed by atoms with Crippen molar-refractivity contribution in [2.45, 2.75) is 26.4 Å². The smallest absolute Gasteiger partial charge is 0.269 e. The molecule has 0 spiro atoms. The molecule has 2 aromatic heterocycles. The first-order chi connectivity index (χ1) is 15.3. The molecule has 1 amide bonds. The molecule has 0 fully saturated rings. The highest BCUT2D eigenvalue weighted by Gasteiger charge is 2.32. The molecular formula is C24H20ClN5O2. The number of halogens is 1. The molecule has 160 valence electrons. The number of nitrogens with one attached hydrogen (secondary N) is 1. The number of anilines is 1. The lowest BCUT2D eigenvalue weighted by Crippen LogP contribution is -2.43. The van der Waals surface area contributed by atoms with E-state index in [4.69, 9.17) is 16.3 Å². The number of fused-ring (bicyclic) bond motifs is 1. The maximum Gasteiger partial charge on any atom is 0.269 e. The molecular weight excluding hydrogens is 426 g/mol. The van der Waals surface area contributed by atoms with Crippen molar-refractivity contribution >= 4 is 34.2 Å². The fourth-order valence-corrected chi connectivity index (χ4v) is 3.39. The first kappa shape index (κ1) is 21.3. The van der Waals surface area contributed by atoms with E-state index < -0.39 is 11.5 Å². The fourth-order valence-electron chi connectivity index (χ4n) is 3.27. The van der Waals surface area contributed by atoms with Gasteiger partial charge in [-0.05, 0) is 62.7 Å². The normalized spacial score (nSPS) is 11.2. The maximum absolute atomic E-state index is 13.1. The van der Waals surface area contributed by atoms with Crippen molar-refractivity contribution in [1.29, 1.82) is 5.26 Å². The van der Waals surface area contributed by atoms with Gasteiger partial charge in [0.25, 0.3) is 5.91 Å². The summed E-state index contributed by atoms with van der Waals surface area (Å²) in [5, 5.41) is 18.2. The van der Waals surface area contributed by atoms with Gasteiger partial charge in [0, 0.05) is 10.4 Å². The first-order valence-corrected chi connectivity index (χ1v) is 10.3. The van der Waals surface area contributed by atoms with E-state index in [1.807, 2.05) is 37.3 Å². The summed E-state index contributed by atoms with van der Waals surface area (Å²) >= 11 is 5.92. The van der Waals surface area contributed by atoms with Gasteiger partial charge in [0.1, 0.15) is 17.4 Å². The SMILES string of the molecule is Cc1cc(-n2ncc(C#N)c2NC(=O)C(C)(C)Oc2ccc(Cl)cc2)nc2ccccc12. The van der Waals surface area contributed by atoms with Crippen molar-refractivity contribution in [3.8, 4) is 17.6 Å². The Bertz CT molecular complexity index is 1350. The Labute approximate surface area is 190 Å². The number of hydrogen-bond donors (Lipinski definition) is 1. The predicted octanol–water partition coefficient (Wildman–Crippen LogP) is 5.05. The summed E-state index contributed by atoms with van der Waals surface area (Å²) in [4.78, 5) is 17.8. The topological polar surface area (TPSA) is 92.8 Å². The van der Waals surface area contributed by atoms with E-state index in [-0.39, 0.29) is 11.4 Å². The number of aromatic nitrogens is 3. The number of carbonyl (C=O) groups is 1. The molecule has 0 atom stereocenters. The number of amides is 1. The van der Waals surface area contributed by atoms with Gasteiger partial charge >= 0.3 is 0 Å². The Morgan fingerprint density at radius 1 is 1.19 bits per heavy atom. The maximum atomic E-state index is 13.1. The predicted molar refractivity (Wildman–Crippen MR) is 123 cm³/mol. The van der Waals surface area contributed by atoms with Crippen LogP contribution in [-0.2, 0) is 4.79 Å². The van der Waals surface area contributed by atoms with Crippen molar-refractivity contribution in [2.24, 2.45) is 0 Å². The minimum atomic E-state index is -1.23. The second-order valence-corrected chi connectivity index (χ2v) is 8.20. The molecule has 1 N–H and O–H groups in total. The van der Waals surface area contributed by atoms with Crippen molar-refractivity contribution in [2.75, 3.05) is 5.32 Å². The molecule has 32 heavy (non-hydrogen) atoms. The number of para-hydroxylation sites is 1. The zero-order valence-electron chi connectivity index (χ0n) is 17.8. The highest BCUT2D eigenvalue weighted by atomic mass is 35.5. The third kappa shape index (κ3) is 4.13. The summed E-state index contributed by atoms with van der Waals surface area (Å²) in [5.74, 6) is 0.778. The zero-order chi connectivity index (χ0) is 22.9. The van der Waals surface area contributed by atoms with Gasteiger partial charge in [-0.25, -0.2) is 4.98 Å². The largest absolute Gasteiger partial charge is 0.478 e. The van der Waals surface area contributed by atoms with Crippen molar-refractivity contribution in [3.05, 3.63) is 76.9 Å². The van der Waals surface area contributed by atoms with Gasteiger partial charge in [-0.1, -0.05) is 29.8 Å².